The zero-order chi connectivity index (χ0) is 16.4. The first-order valence-corrected chi connectivity index (χ1v) is 8.53. The first kappa shape index (κ1) is 15.1. The van der Waals surface area contributed by atoms with Gasteiger partial charge in [0.05, 0.1) is 5.52 Å². The summed E-state index contributed by atoms with van der Waals surface area (Å²) < 4.78 is 0. The Morgan fingerprint density at radius 3 is 2.46 bits per heavy atom. The summed E-state index contributed by atoms with van der Waals surface area (Å²) in [6.45, 7) is 7.36. The standard InChI is InChI=1S/C20H22N4/c1-16-6-2-3-7-17(16)14-23-10-12-24(13-11-23)20-18-8-4-5-9-19(18)21-15-22-20/h2-9,15H,10-14H2,1H3. The smallest absolute Gasteiger partial charge is 0.139 e. The van der Waals surface area contributed by atoms with Gasteiger partial charge in [-0.05, 0) is 30.2 Å². The Labute approximate surface area is 142 Å². The summed E-state index contributed by atoms with van der Waals surface area (Å²) in [7, 11) is 0. The molecule has 0 aliphatic carbocycles. The average Bonchev–Trinajstić information content (AvgIpc) is 2.64. The molecule has 0 amide bonds. The van der Waals surface area contributed by atoms with Gasteiger partial charge in [-0.1, -0.05) is 36.4 Å². The zero-order valence-electron chi connectivity index (χ0n) is 14.0. The molecule has 3 aromatic rings. The summed E-state index contributed by atoms with van der Waals surface area (Å²) >= 11 is 0. The molecule has 0 radical (unpaired) electrons. The second kappa shape index (κ2) is 6.57. The molecular weight excluding hydrogens is 296 g/mol. The topological polar surface area (TPSA) is 32.3 Å². The van der Waals surface area contributed by atoms with Crippen LogP contribution >= 0.6 is 0 Å². The number of anilines is 1. The molecule has 0 atom stereocenters. The third kappa shape index (κ3) is 2.97. The molecule has 0 saturated carbocycles. The van der Waals surface area contributed by atoms with Crippen LogP contribution in [0.2, 0.25) is 0 Å². The van der Waals surface area contributed by atoms with Crippen molar-refractivity contribution in [1.29, 1.82) is 0 Å². The predicted octanol–water partition coefficient (Wildman–Crippen LogP) is 3.26. The molecule has 0 spiro atoms. The molecule has 24 heavy (non-hydrogen) atoms. The molecule has 0 N–H and O–H groups in total. The van der Waals surface area contributed by atoms with E-state index in [1.165, 1.54) is 11.1 Å². The lowest BCUT2D eigenvalue weighted by molar-refractivity contribution is 0.249. The molecule has 0 bridgehead atoms. The Kier molecular flexibility index (Phi) is 4.13. The highest BCUT2D eigenvalue weighted by atomic mass is 15.3. The lowest BCUT2D eigenvalue weighted by Gasteiger charge is -2.36. The van der Waals surface area contributed by atoms with Gasteiger partial charge in [0.2, 0.25) is 0 Å². The second-order valence-electron chi connectivity index (χ2n) is 6.40. The maximum atomic E-state index is 4.55. The van der Waals surface area contributed by atoms with Crippen LogP contribution in [0, 0.1) is 6.92 Å². The van der Waals surface area contributed by atoms with E-state index in [4.69, 9.17) is 0 Å². The maximum absolute atomic E-state index is 4.55. The number of fused-ring (bicyclic) bond motifs is 1. The third-order valence-electron chi connectivity index (χ3n) is 4.85. The lowest BCUT2D eigenvalue weighted by Crippen LogP contribution is -2.46. The Balaban J connectivity index is 1.47. The second-order valence-corrected chi connectivity index (χ2v) is 6.40. The number of rotatable bonds is 3. The minimum Gasteiger partial charge on any atom is -0.353 e. The van der Waals surface area contributed by atoms with Crippen LogP contribution in [-0.2, 0) is 6.54 Å². The van der Waals surface area contributed by atoms with Crippen LogP contribution in [0.5, 0.6) is 0 Å². The highest BCUT2D eigenvalue weighted by Gasteiger charge is 2.20. The molecule has 0 unspecified atom stereocenters. The number of aryl methyl sites for hydroxylation is 1. The molecule has 4 nitrogen and oxygen atoms in total. The molecule has 1 aromatic heterocycles. The van der Waals surface area contributed by atoms with E-state index in [1.54, 1.807) is 6.33 Å². The summed E-state index contributed by atoms with van der Waals surface area (Å²) in [5, 5.41) is 1.15. The van der Waals surface area contributed by atoms with E-state index in [9.17, 15) is 0 Å². The lowest BCUT2D eigenvalue weighted by atomic mass is 10.1. The van der Waals surface area contributed by atoms with Gasteiger partial charge < -0.3 is 4.90 Å². The van der Waals surface area contributed by atoms with Crippen LogP contribution < -0.4 is 4.90 Å². The zero-order valence-corrected chi connectivity index (χ0v) is 14.0. The van der Waals surface area contributed by atoms with Gasteiger partial charge in [0, 0.05) is 38.1 Å². The Morgan fingerprint density at radius 2 is 1.62 bits per heavy atom. The number of hydrogen-bond donors (Lipinski definition) is 0. The van der Waals surface area contributed by atoms with E-state index in [2.05, 4.69) is 69.2 Å². The van der Waals surface area contributed by atoms with Crippen molar-refractivity contribution in [2.75, 3.05) is 31.1 Å². The normalized spacial score (nSPS) is 15.8. The predicted molar refractivity (Wildman–Crippen MR) is 98.2 cm³/mol. The van der Waals surface area contributed by atoms with Crippen LogP contribution in [0.25, 0.3) is 10.9 Å². The first-order valence-electron chi connectivity index (χ1n) is 8.53. The van der Waals surface area contributed by atoms with Gasteiger partial charge in [0.25, 0.3) is 0 Å². The first-order chi connectivity index (χ1) is 11.8. The number of aromatic nitrogens is 2. The van der Waals surface area contributed by atoms with Crippen molar-refractivity contribution in [3.05, 3.63) is 66.0 Å². The number of para-hydroxylation sites is 1. The molecule has 1 fully saturated rings. The minimum absolute atomic E-state index is 1.01. The van der Waals surface area contributed by atoms with E-state index < -0.39 is 0 Å². The monoisotopic (exact) mass is 318 g/mol. The van der Waals surface area contributed by atoms with Crippen LogP contribution in [0.3, 0.4) is 0 Å². The van der Waals surface area contributed by atoms with Gasteiger partial charge in [-0.25, -0.2) is 9.97 Å². The van der Waals surface area contributed by atoms with E-state index >= 15 is 0 Å². The molecule has 4 rings (SSSR count). The maximum Gasteiger partial charge on any atom is 0.139 e. The van der Waals surface area contributed by atoms with Gasteiger partial charge in [-0.2, -0.15) is 0 Å². The fraction of sp³-hybridized carbons (Fsp3) is 0.300. The SMILES string of the molecule is Cc1ccccc1CN1CCN(c2ncnc3ccccc23)CC1. The van der Waals surface area contributed by atoms with E-state index in [0.717, 1.165) is 49.4 Å². The third-order valence-corrected chi connectivity index (χ3v) is 4.85. The fourth-order valence-corrected chi connectivity index (χ4v) is 3.39. The molecule has 2 heterocycles. The summed E-state index contributed by atoms with van der Waals surface area (Å²) in [6, 6.07) is 16.9. The summed E-state index contributed by atoms with van der Waals surface area (Å²) in [6.07, 6.45) is 1.68. The van der Waals surface area contributed by atoms with E-state index in [-0.39, 0.29) is 0 Å². The van der Waals surface area contributed by atoms with Crippen molar-refractivity contribution in [1.82, 2.24) is 14.9 Å². The van der Waals surface area contributed by atoms with Crippen molar-refractivity contribution in [3.63, 3.8) is 0 Å². The van der Waals surface area contributed by atoms with Gasteiger partial charge >= 0.3 is 0 Å². The highest BCUT2D eigenvalue weighted by molar-refractivity contribution is 5.89. The Morgan fingerprint density at radius 1 is 0.875 bits per heavy atom. The molecule has 122 valence electrons. The number of nitrogens with zero attached hydrogens (tertiary/aromatic N) is 4. The van der Waals surface area contributed by atoms with Gasteiger partial charge in [-0.3, -0.25) is 4.90 Å². The molecule has 1 saturated heterocycles. The van der Waals surface area contributed by atoms with E-state index in [0.29, 0.717) is 0 Å². The number of benzene rings is 2. The van der Waals surface area contributed by atoms with Crippen molar-refractivity contribution < 1.29 is 0 Å². The summed E-state index contributed by atoms with van der Waals surface area (Å²) in [5.41, 5.74) is 3.82. The molecule has 4 heteroatoms. The minimum atomic E-state index is 1.01. The largest absolute Gasteiger partial charge is 0.353 e. The molecule has 1 aliphatic rings. The van der Waals surface area contributed by atoms with Gasteiger partial charge in [-0.15, -0.1) is 0 Å². The molecule has 1 aliphatic heterocycles. The average molecular weight is 318 g/mol. The molecular formula is C20H22N4. The Hall–Kier alpha value is -2.46. The quantitative estimate of drug-likeness (QED) is 0.742. The van der Waals surface area contributed by atoms with Gasteiger partial charge in [0.1, 0.15) is 12.1 Å². The van der Waals surface area contributed by atoms with Crippen molar-refractivity contribution >= 4 is 16.7 Å². The number of piperazine rings is 1. The van der Waals surface area contributed by atoms with E-state index in [1.807, 2.05) is 6.07 Å². The fourth-order valence-electron chi connectivity index (χ4n) is 3.39. The molecule has 2 aromatic carbocycles. The van der Waals surface area contributed by atoms with Gasteiger partial charge in [0.15, 0.2) is 0 Å². The summed E-state index contributed by atoms with van der Waals surface area (Å²) in [4.78, 5) is 13.8. The van der Waals surface area contributed by atoms with Crippen molar-refractivity contribution in [2.45, 2.75) is 13.5 Å². The summed E-state index contributed by atoms with van der Waals surface area (Å²) in [5.74, 6) is 1.07. The van der Waals surface area contributed by atoms with Crippen LogP contribution in [0.4, 0.5) is 5.82 Å². The van der Waals surface area contributed by atoms with Crippen molar-refractivity contribution in [2.24, 2.45) is 0 Å². The highest BCUT2D eigenvalue weighted by Crippen LogP contribution is 2.24. The Bertz CT molecular complexity index is 832. The van der Waals surface area contributed by atoms with Crippen LogP contribution in [0.1, 0.15) is 11.1 Å². The van der Waals surface area contributed by atoms with Crippen LogP contribution in [-0.4, -0.2) is 41.0 Å². The van der Waals surface area contributed by atoms with Crippen LogP contribution in [0.15, 0.2) is 54.9 Å². The number of hydrogen-bond acceptors (Lipinski definition) is 4. The van der Waals surface area contributed by atoms with Crippen molar-refractivity contribution in [3.8, 4) is 0 Å².